The Morgan fingerprint density at radius 2 is 1.88 bits per heavy atom. The predicted molar refractivity (Wildman–Crippen MR) is 61.4 cm³/mol. The monoisotopic (exact) mass is 213 g/mol. The minimum atomic E-state index is -0.907. The van der Waals surface area contributed by atoms with Crippen LogP contribution in [-0.4, -0.2) is 16.1 Å². The van der Waals surface area contributed by atoms with Gasteiger partial charge in [0.15, 0.2) is 0 Å². The van der Waals surface area contributed by atoms with Crippen molar-refractivity contribution in [3.8, 4) is 11.1 Å². The Hall–Kier alpha value is -2.16. The van der Waals surface area contributed by atoms with Gasteiger partial charge in [-0.25, -0.2) is 4.79 Å². The Bertz CT molecular complexity index is 521. The Morgan fingerprint density at radius 1 is 1.19 bits per heavy atom. The van der Waals surface area contributed by atoms with Gasteiger partial charge in [-0.2, -0.15) is 0 Å². The molecule has 0 saturated carbocycles. The molecule has 3 nitrogen and oxygen atoms in total. The van der Waals surface area contributed by atoms with Gasteiger partial charge in [0.25, 0.3) is 0 Å². The summed E-state index contributed by atoms with van der Waals surface area (Å²) in [6.45, 7) is 1.96. The van der Waals surface area contributed by atoms with Crippen LogP contribution < -0.4 is 0 Å². The third-order valence-corrected chi connectivity index (χ3v) is 2.48. The number of pyridine rings is 1. The molecule has 0 aliphatic carbocycles. The molecule has 0 aliphatic rings. The second-order valence-electron chi connectivity index (χ2n) is 3.57. The number of nitrogens with zero attached hydrogens (tertiary/aromatic N) is 1. The zero-order valence-corrected chi connectivity index (χ0v) is 8.84. The summed E-state index contributed by atoms with van der Waals surface area (Å²) in [5, 5.41) is 8.93. The molecule has 0 fully saturated rings. The lowest BCUT2D eigenvalue weighted by atomic mass is 9.99. The molecular weight excluding hydrogens is 202 g/mol. The van der Waals surface area contributed by atoms with E-state index in [-0.39, 0.29) is 0 Å². The van der Waals surface area contributed by atoms with Crippen molar-refractivity contribution in [3.05, 3.63) is 53.9 Å². The van der Waals surface area contributed by atoms with Crippen LogP contribution in [0.2, 0.25) is 0 Å². The van der Waals surface area contributed by atoms with E-state index in [1.165, 1.54) is 0 Å². The van der Waals surface area contributed by atoms with Crippen LogP contribution in [-0.2, 0) is 0 Å². The van der Waals surface area contributed by atoms with E-state index in [0.29, 0.717) is 5.56 Å². The summed E-state index contributed by atoms with van der Waals surface area (Å²) in [6, 6.07) is 8.86. The highest BCUT2D eigenvalue weighted by molar-refractivity contribution is 5.89. The quantitative estimate of drug-likeness (QED) is 0.834. The van der Waals surface area contributed by atoms with Crippen molar-refractivity contribution in [3.63, 3.8) is 0 Å². The van der Waals surface area contributed by atoms with Crippen molar-refractivity contribution >= 4 is 5.97 Å². The first-order chi connectivity index (χ1) is 7.68. The fourth-order valence-corrected chi connectivity index (χ4v) is 1.60. The number of hydrogen-bond donors (Lipinski definition) is 1. The maximum Gasteiger partial charge on any atom is 0.335 e. The third kappa shape index (κ3) is 1.93. The van der Waals surface area contributed by atoms with Crippen molar-refractivity contribution < 1.29 is 9.90 Å². The minimum absolute atomic E-state index is 0.303. The zero-order valence-electron chi connectivity index (χ0n) is 8.84. The molecule has 0 saturated heterocycles. The molecule has 1 N–H and O–H groups in total. The highest BCUT2D eigenvalue weighted by atomic mass is 16.4. The largest absolute Gasteiger partial charge is 0.478 e. The average molecular weight is 213 g/mol. The van der Waals surface area contributed by atoms with Crippen LogP contribution in [0.25, 0.3) is 11.1 Å². The van der Waals surface area contributed by atoms with Crippen LogP contribution in [0.3, 0.4) is 0 Å². The van der Waals surface area contributed by atoms with Gasteiger partial charge in [0.1, 0.15) is 0 Å². The molecule has 1 aromatic heterocycles. The molecule has 16 heavy (non-hydrogen) atoms. The van der Waals surface area contributed by atoms with Gasteiger partial charge in [0.2, 0.25) is 0 Å². The maximum atomic E-state index is 10.9. The van der Waals surface area contributed by atoms with E-state index < -0.39 is 5.97 Å². The van der Waals surface area contributed by atoms with Crippen LogP contribution in [0.1, 0.15) is 15.9 Å². The summed E-state index contributed by atoms with van der Waals surface area (Å²) in [4.78, 5) is 14.8. The standard InChI is InChI=1S/C13H11NO2/c1-9-2-3-11(13(15)16)8-12(9)10-4-6-14-7-5-10/h2-8H,1H3,(H,15,16). The number of aromatic nitrogens is 1. The molecule has 0 atom stereocenters. The first kappa shape index (κ1) is 10.4. The molecule has 80 valence electrons. The molecule has 0 amide bonds. The SMILES string of the molecule is Cc1ccc(C(=O)O)cc1-c1ccncc1. The van der Waals surface area contributed by atoms with E-state index in [0.717, 1.165) is 16.7 Å². The first-order valence-electron chi connectivity index (χ1n) is 4.93. The summed E-state index contributed by atoms with van der Waals surface area (Å²) < 4.78 is 0. The van der Waals surface area contributed by atoms with Crippen molar-refractivity contribution in [1.82, 2.24) is 4.98 Å². The van der Waals surface area contributed by atoms with Crippen LogP contribution in [0, 0.1) is 6.92 Å². The molecule has 1 aromatic carbocycles. The van der Waals surface area contributed by atoms with Crippen molar-refractivity contribution in [2.24, 2.45) is 0 Å². The highest BCUT2D eigenvalue weighted by Gasteiger charge is 2.07. The van der Waals surface area contributed by atoms with Gasteiger partial charge in [0.05, 0.1) is 5.56 Å². The van der Waals surface area contributed by atoms with Gasteiger partial charge in [-0.05, 0) is 47.9 Å². The van der Waals surface area contributed by atoms with Crippen molar-refractivity contribution in [2.45, 2.75) is 6.92 Å². The zero-order chi connectivity index (χ0) is 11.5. The molecule has 0 unspecified atom stereocenters. The summed E-state index contributed by atoms with van der Waals surface area (Å²) in [7, 11) is 0. The van der Waals surface area contributed by atoms with E-state index in [2.05, 4.69) is 4.98 Å². The van der Waals surface area contributed by atoms with Crippen LogP contribution in [0.5, 0.6) is 0 Å². The number of aromatic carboxylic acids is 1. The summed E-state index contributed by atoms with van der Waals surface area (Å²) in [6.07, 6.45) is 3.39. The van der Waals surface area contributed by atoms with Crippen molar-refractivity contribution in [2.75, 3.05) is 0 Å². The summed E-state index contributed by atoms with van der Waals surface area (Å²) in [5.41, 5.74) is 3.27. The van der Waals surface area contributed by atoms with Gasteiger partial charge < -0.3 is 5.11 Å². The van der Waals surface area contributed by atoms with Crippen LogP contribution in [0.15, 0.2) is 42.7 Å². The molecule has 0 spiro atoms. The topological polar surface area (TPSA) is 50.2 Å². The third-order valence-electron chi connectivity index (χ3n) is 2.48. The van der Waals surface area contributed by atoms with Gasteiger partial charge in [-0.1, -0.05) is 6.07 Å². The maximum absolute atomic E-state index is 10.9. The number of carboxylic acid groups (broad SMARTS) is 1. The number of aryl methyl sites for hydroxylation is 1. The van der Waals surface area contributed by atoms with Crippen LogP contribution in [0.4, 0.5) is 0 Å². The van der Waals surface area contributed by atoms with Gasteiger partial charge in [0, 0.05) is 12.4 Å². The van der Waals surface area contributed by atoms with E-state index in [1.807, 2.05) is 25.1 Å². The second kappa shape index (κ2) is 4.14. The molecule has 0 bridgehead atoms. The number of carboxylic acids is 1. The lowest BCUT2D eigenvalue weighted by molar-refractivity contribution is 0.0697. The fraction of sp³-hybridized carbons (Fsp3) is 0.0769. The Labute approximate surface area is 93.4 Å². The normalized spacial score (nSPS) is 10.1. The van der Waals surface area contributed by atoms with E-state index in [9.17, 15) is 4.79 Å². The lowest BCUT2D eigenvalue weighted by Gasteiger charge is -2.06. The molecule has 2 aromatic rings. The lowest BCUT2D eigenvalue weighted by Crippen LogP contribution is -1.97. The Balaban J connectivity index is 2.56. The van der Waals surface area contributed by atoms with Gasteiger partial charge in [-0.15, -0.1) is 0 Å². The highest BCUT2D eigenvalue weighted by Crippen LogP contribution is 2.23. The number of hydrogen-bond acceptors (Lipinski definition) is 2. The number of benzene rings is 1. The van der Waals surface area contributed by atoms with Gasteiger partial charge >= 0.3 is 5.97 Å². The molecule has 2 rings (SSSR count). The summed E-state index contributed by atoms with van der Waals surface area (Å²) in [5.74, 6) is -0.907. The first-order valence-corrected chi connectivity index (χ1v) is 4.93. The molecular formula is C13H11NO2. The molecule has 0 radical (unpaired) electrons. The minimum Gasteiger partial charge on any atom is -0.478 e. The fourth-order valence-electron chi connectivity index (χ4n) is 1.60. The smallest absolute Gasteiger partial charge is 0.335 e. The molecule has 3 heteroatoms. The second-order valence-corrected chi connectivity index (χ2v) is 3.57. The van der Waals surface area contributed by atoms with E-state index in [1.54, 1.807) is 24.5 Å². The van der Waals surface area contributed by atoms with Crippen molar-refractivity contribution in [1.29, 1.82) is 0 Å². The molecule has 0 aliphatic heterocycles. The summed E-state index contributed by atoms with van der Waals surface area (Å²) >= 11 is 0. The van der Waals surface area contributed by atoms with Gasteiger partial charge in [-0.3, -0.25) is 4.98 Å². The Kier molecular flexibility index (Phi) is 2.68. The molecule has 1 heterocycles. The Morgan fingerprint density at radius 3 is 2.50 bits per heavy atom. The number of rotatable bonds is 2. The van der Waals surface area contributed by atoms with Crippen LogP contribution >= 0.6 is 0 Å². The number of carbonyl (C=O) groups is 1. The van der Waals surface area contributed by atoms with E-state index in [4.69, 9.17) is 5.11 Å². The van der Waals surface area contributed by atoms with E-state index >= 15 is 0 Å². The predicted octanol–water partition coefficient (Wildman–Crippen LogP) is 2.76. The average Bonchev–Trinajstić information content (AvgIpc) is 2.30.